The van der Waals surface area contributed by atoms with Crippen molar-refractivity contribution in [3.63, 3.8) is 0 Å². The summed E-state index contributed by atoms with van der Waals surface area (Å²) in [6.07, 6.45) is 0.596. The Balaban J connectivity index is 1.78. The van der Waals surface area contributed by atoms with Crippen molar-refractivity contribution in [2.45, 2.75) is 12.8 Å². The molecule has 0 spiro atoms. The van der Waals surface area contributed by atoms with E-state index in [1.807, 2.05) is 0 Å². The predicted molar refractivity (Wildman–Crippen MR) is 88.9 cm³/mol. The van der Waals surface area contributed by atoms with Crippen LogP contribution in [0.5, 0.6) is 0 Å². The Labute approximate surface area is 149 Å². The van der Waals surface area contributed by atoms with Crippen LogP contribution in [0.3, 0.4) is 0 Å². The predicted octanol–water partition coefficient (Wildman–Crippen LogP) is 1.51. The van der Waals surface area contributed by atoms with E-state index in [1.165, 1.54) is 18.2 Å². The lowest BCUT2D eigenvalue weighted by atomic mass is 9.79. The van der Waals surface area contributed by atoms with Gasteiger partial charge in [-0.2, -0.15) is 0 Å². The van der Waals surface area contributed by atoms with Crippen LogP contribution >= 0.6 is 0 Å². The van der Waals surface area contributed by atoms with E-state index in [9.17, 15) is 18.8 Å². The molecular formula is C19H18FNO5. The number of benzene rings is 1. The summed E-state index contributed by atoms with van der Waals surface area (Å²) < 4.78 is 18.5. The molecule has 1 aromatic heterocycles. The SMILES string of the molecule is O=C1NCC(CCO)C(C(=O)c2ccc(Cc3ccc(F)cc3)o2)C1=O. The minimum absolute atomic E-state index is 0.00176. The molecule has 136 valence electrons. The topological polar surface area (TPSA) is 96.6 Å². The van der Waals surface area contributed by atoms with Gasteiger partial charge in [-0.3, -0.25) is 14.4 Å². The molecule has 0 aliphatic carbocycles. The van der Waals surface area contributed by atoms with Crippen LogP contribution in [0.25, 0.3) is 0 Å². The fourth-order valence-corrected chi connectivity index (χ4v) is 3.11. The summed E-state index contributed by atoms with van der Waals surface area (Å²) in [4.78, 5) is 36.5. The van der Waals surface area contributed by atoms with E-state index in [2.05, 4.69) is 5.32 Å². The van der Waals surface area contributed by atoms with Crippen molar-refractivity contribution in [2.75, 3.05) is 13.2 Å². The van der Waals surface area contributed by atoms with Crippen LogP contribution in [0.2, 0.25) is 0 Å². The van der Waals surface area contributed by atoms with Gasteiger partial charge < -0.3 is 14.8 Å². The summed E-state index contributed by atoms with van der Waals surface area (Å²) in [6.45, 7) is -0.0315. The van der Waals surface area contributed by atoms with E-state index >= 15 is 0 Å². The third-order valence-electron chi connectivity index (χ3n) is 4.48. The number of carbonyl (C=O) groups excluding carboxylic acids is 3. The van der Waals surface area contributed by atoms with Gasteiger partial charge in [-0.05, 0) is 42.2 Å². The first-order valence-electron chi connectivity index (χ1n) is 8.30. The van der Waals surface area contributed by atoms with Crippen LogP contribution in [0.4, 0.5) is 4.39 Å². The van der Waals surface area contributed by atoms with Crippen molar-refractivity contribution in [1.29, 1.82) is 0 Å². The second kappa shape index (κ2) is 7.61. The van der Waals surface area contributed by atoms with Gasteiger partial charge >= 0.3 is 0 Å². The normalized spacial score (nSPS) is 20.1. The van der Waals surface area contributed by atoms with Crippen molar-refractivity contribution in [1.82, 2.24) is 5.32 Å². The molecule has 0 saturated carbocycles. The van der Waals surface area contributed by atoms with Gasteiger partial charge in [0.25, 0.3) is 5.91 Å². The molecule has 7 heteroatoms. The molecule has 1 amide bonds. The largest absolute Gasteiger partial charge is 0.458 e. The molecule has 2 aromatic rings. The van der Waals surface area contributed by atoms with Gasteiger partial charge in [0.05, 0.1) is 5.92 Å². The second-order valence-electron chi connectivity index (χ2n) is 6.26. The minimum atomic E-state index is -1.15. The Kier molecular flexibility index (Phi) is 5.27. The fourth-order valence-electron chi connectivity index (χ4n) is 3.11. The van der Waals surface area contributed by atoms with E-state index in [0.29, 0.717) is 12.2 Å². The van der Waals surface area contributed by atoms with E-state index < -0.39 is 29.3 Å². The molecule has 1 aromatic carbocycles. The number of piperidine rings is 1. The summed E-state index contributed by atoms with van der Waals surface area (Å²) in [7, 11) is 0. The summed E-state index contributed by atoms with van der Waals surface area (Å²) >= 11 is 0. The van der Waals surface area contributed by atoms with Crippen molar-refractivity contribution in [3.8, 4) is 0 Å². The first-order valence-corrected chi connectivity index (χ1v) is 8.30. The van der Waals surface area contributed by atoms with Gasteiger partial charge in [-0.1, -0.05) is 12.1 Å². The first kappa shape index (κ1) is 18.0. The lowest BCUT2D eigenvalue weighted by molar-refractivity contribution is -0.142. The van der Waals surface area contributed by atoms with Crippen LogP contribution < -0.4 is 5.32 Å². The van der Waals surface area contributed by atoms with E-state index in [4.69, 9.17) is 9.52 Å². The number of aliphatic hydroxyl groups is 1. The number of halogens is 1. The summed E-state index contributed by atoms with van der Waals surface area (Å²) in [5, 5.41) is 11.6. The summed E-state index contributed by atoms with van der Waals surface area (Å²) in [5.74, 6) is -3.64. The van der Waals surface area contributed by atoms with Crippen molar-refractivity contribution in [3.05, 3.63) is 59.3 Å². The zero-order chi connectivity index (χ0) is 18.7. The molecular weight excluding hydrogens is 341 g/mol. The third kappa shape index (κ3) is 3.72. The molecule has 2 heterocycles. The summed E-state index contributed by atoms with van der Waals surface area (Å²) in [5.41, 5.74) is 0.811. The highest BCUT2D eigenvalue weighted by Gasteiger charge is 2.42. The van der Waals surface area contributed by atoms with Crippen LogP contribution in [-0.4, -0.2) is 35.7 Å². The molecule has 2 atom stereocenters. The molecule has 0 bridgehead atoms. The average molecular weight is 359 g/mol. The minimum Gasteiger partial charge on any atom is -0.458 e. The first-order chi connectivity index (χ1) is 12.5. The number of ketones is 2. The van der Waals surface area contributed by atoms with Gasteiger partial charge in [0.15, 0.2) is 5.76 Å². The number of Topliss-reactive ketones (excluding diaryl/α,β-unsaturated/α-hetero) is 2. The molecule has 1 saturated heterocycles. The smallest absolute Gasteiger partial charge is 0.288 e. The molecule has 2 N–H and O–H groups in total. The Morgan fingerprint density at radius 3 is 2.62 bits per heavy atom. The number of hydrogen-bond donors (Lipinski definition) is 2. The van der Waals surface area contributed by atoms with Crippen LogP contribution in [0, 0.1) is 17.7 Å². The van der Waals surface area contributed by atoms with Gasteiger partial charge in [-0.15, -0.1) is 0 Å². The van der Waals surface area contributed by atoms with Crippen LogP contribution in [0.1, 0.15) is 28.3 Å². The summed E-state index contributed by atoms with van der Waals surface area (Å²) in [6, 6.07) is 8.99. The zero-order valence-electron chi connectivity index (χ0n) is 13.9. The van der Waals surface area contributed by atoms with Crippen molar-refractivity contribution >= 4 is 17.5 Å². The molecule has 1 aliphatic heterocycles. The Morgan fingerprint density at radius 2 is 1.92 bits per heavy atom. The lowest BCUT2D eigenvalue weighted by Crippen LogP contribution is -2.51. The standard InChI is InChI=1S/C19H18FNO5/c20-13-3-1-11(2-4-13)9-14-5-6-15(26-14)17(23)16-12(7-8-22)10-21-19(25)18(16)24/h1-6,12,16,22H,7-10H2,(H,21,25). The van der Waals surface area contributed by atoms with Gasteiger partial charge in [-0.25, -0.2) is 4.39 Å². The highest BCUT2D eigenvalue weighted by molar-refractivity contribution is 6.42. The number of aliphatic hydroxyl groups excluding tert-OH is 1. The number of nitrogens with one attached hydrogen (secondary N) is 1. The molecule has 3 rings (SSSR count). The van der Waals surface area contributed by atoms with Crippen molar-refractivity contribution in [2.24, 2.45) is 11.8 Å². The monoisotopic (exact) mass is 359 g/mol. The van der Waals surface area contributed by atoms with Gasteiger partial charge in [0.1, 0.15) is 11.6 Å². The maximum atomic E-state index is 13.0. The quantitative estimate of drug-likeness (QED) is 0.463. The third-order valence-corrected chi connectivity index (χ3v) is 4.48. The van der Waals surface area contributed by atoms with Crippen molar-refractivity contribution < 1.29 is 28.3 Å². The van der Waals surface area contributed by atoms with E-state index in [0.717, 1.165) is 5.56 Å². The Hall–Kier alpha value is -2.80. The van der Waals surface area contributed by atoms with Gasteiger partial charge in [0, 0.05) is 19.6 Å². The molecule has 1 aliphatic rings. The van der Waals surface area contributed by atoms with E-state index in [-0.39, 0.29) is 31.1 Å². The van der Waals surface area contributed by atoms with Gasteiger partial charge in [0.2, 0.25) is 11.6 Å². The number of hydrogen-bond acceptors (Lipinski definition) is 5. The maximum Gasteiger partial charge on any atom is 0.288 e. The fraction of sp³-hybridized carbons (Fsp3) is 0.316. The number of furan rings is 1. The molecule has 26 heavy (non-hydrogen) atoms. The number of amides is 1. The van der Waals surface area contributed by atoms with E-state index in [1.54, 1.807) is 18.2 Å². The average Bonchev–Trinajstić information content (AvgIpc) is 3.09. The highest BCUT2D eigenvalue weighted by Crippen LogP contribution is 2.26. The molecule has 2 unspecified atom stereocenters. The highest BCUT2D eigenvalue weighted by atomic mass is 19.1. The molecule has 6 nitrogen and oxygen atoms in total. The Morgan fingerprint density at radius 1 is 1.19 bits per heavy atom. The number of rotatable bonds is 6. The molecule has 0 radical (unpaired) electrons. The zero-order valence-corrected chi connectivity index (χ0v) is 13.9. The lowest BCUT2D eigenvalue weighted by Gasteiger charge is -2.28. The molecule has 1 fully saturated rings. The number of carbonyl (C=O) groups is 3. The Bertz CT molecular complexity index is 827. The van der Waals surface area contributed by atoms with Crippen LogP contribution in [-0.2, 0) is 16.0 Å². The second-order valence-corrected chi connectivity index (χ2v) is 6.26. The maximum absolute atomic E-state index is 13.0. The van der Waals surface area contributed by atoms with Crippen LogP contribution in [0.15, 0.2) is 40.8 Å².